The standard InChI is InChI=1S/C23H23Cl2N5O5/c1-23(2,21(33)30-19(20(31)32)10-15-11-26-12-27-15)35-16-6-3-13(4-7-16)28-22(34)29-14-5-8-17(24)18(25)9-14/h3-9,11-12,19H,10H2,1-2H3,(H,26,27)(H,30,33)(H,31,32)(H2,28,29,34)/t19-/m0/s1. The first-order valence-electron chi connectivity index (χ1n) is 10.4. The second-order valence-electron chi connectivity index (χ2n) is 7.99. The summed E-state index contributed by atoms with van der Waals surface area (Å²) in [6, 6.07) is 9.39. The van der Waals surface area contributed by atoms with Crippen LogP contribution >= 0.6 is 23.2 Å². The fourth-order valence-corrected chi connectivity index (χ4v) is 3.26. The molecule has 0 aliphatic carbocycles. The van der Waals surface area contributed by atoms with Gasteiger partial charge in [0, 0.05) is 29.7 Å². The van der Waals surface area contributed by atoms with Crippen molar-refractivity contribution in [3.05, 3.63) is 70.7 Å². The van der Waals surface area contributed by atoms with Crippen LogP contribution in [0.15, 0.2) is 55.0 Å². The van der Waals surface area contributed by atoms with E-state index >= 15 is 0 Å². The van der Waals surface area contributed by atoms with Crippen molar-refractivity contribution < 1.29 is 24.2 Å². The van der Waals surface area contributed by atoms with Gasteiger partial charge in [0.25, 0.3) is 5.91 Å². The van der Waals surface area contributed by atoms with Crippen LogP contribution in [0.2, 0.25) is 10.0 Å². The zero-order valence-corrected chi connectivity index (χ0v) is 20.3. The molecule has 0 fully saturated rings. The molecular weight excluding hydrogens is 497 g/mol. The summed E-state index contributed by atoms with van der Waals surface area (Å²) < 4.78 is 5.78. The number of carbonyl (C=O) groups excluding carboxylic acids is 2. The van der Waals surface area contributed by atoms with E-state index in [4.69, 9.17) is 27.9 Å². The molecule has 1 heterocycles. The molecule has 0 spiro atoms. The molecule has 0 aliphatic heterocycles. The summed E-state index contributed by atoms with van der Waals surface area (Å²) in [4.78, 5) is 43.2. The number of rotatable bonds is 9. The van der Waals surface area contributed by atoms with Gasteiger partial charge in [-0.3, -0.25) is 4.79 Å². The van der Waals surface area contributed by atoms with Crippen molar-refractivity contribution in [1.29, 1.82) is 0 Å². The fourth-order valence-electron chi connectivity index (χ4n) is 2.96. The highest BCUT2D eigenvalue weighted by atomic mass is 35.5. The van der Waals surface area contributed by atoms with E-state index in [0.717, 1.165) is 0 Å². The maximum atomic E-state index is 12.7. The van der Waals surface area contributed by atoms with E-state index < -0.39 is 29.6 Å². The van der Waals surface area contributed by atoms with Gasteiger partial charge in [-0.1, -0.05) is 23.2 Å². The lowest BCUT2D eigenvalue weighted by Gasteiger charge is -2.27. The summed E-state index contributed by atoms with van der Waals surface area (Å²) in [6.07, 6.45) is 2.96. The summed E-state index contributed by atoms with van der Waals surface area (Å²) >= 11 is 11.8. The molecule has 3 rings (SSSR count). The average Bonchev–Trinajstić information content (AvgIpc) is 3.30. The monoisotopic (exact) mass is 519 g/mol. The van der Waals surface area contributed by atoms with E-state index in [1.165, 1.54) is 32.4 Å². The van der Waals surface area contributed by atoms with Crippen molar-refractivity contribution in [2.45, 2.75) is 31.9 Å². The van der Waals surface area contributed by atoms with Gasteiger partial charge in [-0.15, -0.1) is 0 Å². The highest BCUT2D eigenvalue weighted by Crippen LogP contribution is 2.25. The van der Waals surface area contributed by atoms with Crippen LogP contribution in [0.4, 0.5) is 16.2 Å². The Morgan fingerprint density at radius 3 is 2.31 bits per heavy atom. The molecule has 0 radical (unpaired) electrons. The highest BCUT2D eigenvalue weighted by molar-refractivity contribution is 6.42. The summed E-state index contributed by atoms with van der Waals surface area (Å²) in [5.74, 6) is -1.44. The first-order valence-corrected chi connectivity index (χ1v) is 11.1. The van der Waals surface area contributed by atoms with Crippen LogP contribution in [0, 0.1) is 0 Å². The third-order valence-electron chi connectivity index (χ3n) is 4.79. The van der Waals surface area contributed by atoms with Crippen molar-refractivity contribution in [1.82, 2.24) is 15.3 Å². The molecule has 2 aromatic carbocycles. The summed E-state index contributed by atoms with van der Waals surface area (Å²) in [6.45, 7) is 3.04. The van der Waals surface area contributed by atoms with Gasteiger partial charge < -0.3 is 30.8 Å². The Kier molecular flexibility index (Phi) is 8.21. The van der Waals surface area contributed by atoms with Gasteiger partial charge in [0.2, 0.25) is 0 Å². The van der Waals surface area contributed by atoms with Crippen LogP contribution in [0.25, 0.3) is 0 Å². The number of urea groups is 1. The summed E-state index contributed by atoms with van der Waals surface area (Å²) in [5.41, 5.74) is 0.143. The van der Waals surface area contributed by atoms with Crippen molar-refractivity contribution >= 4 is 52.5 Å². The van der Waals surface area contributed by atoms with Crippen molar-refractivity contribution in [2.75, 3.05) is 10.6 Å². The lowest BCUT2D eigenvalue weighted by molar-refractivity contribution is -0.145. The third-order valence-corrected chi connectivity index (χ3v) is 5.53. The Balaban J connectivity index is 1.56. The number of hydrogen-bond acceptors (Lipinski definition) is 5. The average molecular weight is 520 g/mol. The van der Waals surface area contributed by atoms with Crippen molar-refractivity contribution in [2.24, 2.45) is 0 Å². The maximum Gasteiger partial charge on any atom is 0.326 e. The van der Waals surface area contributed by atoms with Gasteiger partial charge in [-0.05, 0) is 56.3 Å². The van der Waals surface area contributed by atoms with Crippen molar-refractivity contribution in [3.63, 3.8) is 0 Å². The predicted molar refractivity (Wildman–Crippen MR) is 132 cm³/mol. The van der Waals surface area contributed by atoms with Crippen LogP contribution in [0.3, 0.4) is 0 Å². The number of halogens is 2. The van der Waals surface area contributed by atoms with Crippen LogP contribution in [-0.2, 0) is 16.0 Å². The number of carboxylic acid groups (broad SMARTS) is 1. The number of aromatic nitrogens is 2. The zero-order valence-electron chi connectivity index (χ0n) is 18.8. The molecule has 35 heavy (non-hydrogen) atoms. The number of imidazole rings is 1. The number of aliphatic carboxylic acids is 1. The molecule has 0 unspecified atom stereocenters. The van der Waals surface area contributed by atoms with Gasteiger partial charge in [0.1, 0.15) is 11.8 Å². The normalized spacial score (nSPS) is 11.9. The molecule has 10 nitrogen and oxygen atoms in total. The first kappa shape index (κ1) is 25.9. The van der Waals surface area contributed by atoms with E-state index in [1.807, 2.05) is 0 Å². The largest absolute Gasteiger partial charge is 0.480 e. The third kappa shape index (κ3) is 7.36. The number of hydrogen-bond donors (Lipinski definition) is 5. The van der Waals surface area contributed by atoms with Gasteiger partial charge >= 0.3 is 12.0 Å². The topological polar surface area (TPSA) is 145 Å². The Bertz CT molecular complexity index is 1200. The van der Waals surface area contributed by atoms with Crippen LogP contribution in [-0.4, -0.2) is 44.6 Å². The molecule has 1 atom stereocenters. The van der Waals surface area contributed by atoms with Gasteiger partial charge in [-0.2, -0.15) is 0 Å². The number of amides is 3. The molecule has 0 saturated carbocycles. The SMILES string of the molecule is CC(C)(Oc1ccc(NC(=O)Nc2ccc(Cl)c(Cl)c2)cc1)C(=O)N[C@@H](Cc1cnc[nH]1)C(=O)O. The van der Waals surface area contributed by atoms with E-state index in [-0.39, 0.29) is 6.42 Å². The van der Waals surface area contributed by atoms with Gasteiger partial charge in [0.15, 0.2) is 5.60 Å². The molecule has 12 heteroatoms. The van der Waals surface area contributed by atoms with E-state index in [0.29, 0.717) is 32.9 Å². The first-order chi connectivity index (χ1) is 16.5. The number of benzene rings is 2. The summed E-state index contributed by atoms with van der Waals surface area (Å²) in [5, 5.41) is 17.9. The predicted octanol–water partition coefficient (Wildman–Crippen LogP) is 4.33. The molecule has 0 bridgehead atoms. The van der Waals surface area contributed by atoms with E-state index in [9.17, 15) is 19.5 Å². The minimum atomic E-state index is -1.37. The van der Waals surface area contributed by atoms with Crippen LogP contribution in [0.5, 0.6) is 5.75 Å². The second-order valence-corrected chi connectivity index (χ2v) is 8.80. The second kappa shape index (κ2) is 11.1. The van der Waals surface area contributed by atoms with Gasteiger partial charge in [0.05, 0.1) is 16.4 Å². The molecular formula is C23H23Cl2N5O5. The van der Waals surface area contributed by atoms with E-state index in [2.05, 4.69) is 25.9 Å². The minimum Gasteiger partial charge on any atom is -0.480 e. The quantitative estimate of drug-likeness (QED) is 0.284. The molecule has 0 saturated heterocycles. The maximum absolute atomic E-state index is 12.7. The molecule has 3 amide bonds. The molecule has 5 N–H and O–H groups in total. The van der Waals surface area contributed by atoms with Gasteiger partial charge in [-0.25, -0.2) is 14.6 Å². The number of carboxylic acids is 1. The molecule has 1 aromatic heterocycles. The number of aromatic amines is 1. The number of H-pyrrole nitrogens is 1. The Labute approximate surface area is 211 Å². The van der Waals surface area contributed by atoms with E-state index in [1.54, 1.807) is 36.4 Å². The number of nitrogens with one attached hydrogen (secondary N) is 4. The number of anilines is 2. The lowest BCUT2D eigenvalue weighted by Crippen LogP contribution is -2.53. The molecule has 3 aromatic rings. The zero-order chi connectivity index (χ0) is 25.6. The number of ether oxygens (including phenoxy) is 1. The highest BCUT2D eigenvalue weighted by Gasteiger charge is 2.33. The minimum absolute atomic E-state index is 0.0435. The Hall–Kier alpha value is -3.76. The van der Waals surface area contributed by atoms with Crippen LogP contribution in [0.1, 0.15) is 19.5 Å². The lowest BCUT2D eigenvalue weighted by atomic mass is 10.1. The number of nitrogens with zero attached hydrogens (tertiary/aromatic N) is 1. The molecule has 184 valence electrons. The molecule has 0 aliphatic rings. The smallest absolute Gasteiger partial charge is 0.326 e. The Morgan fingerprint density at radius 2 is 1.71 bits per heavy atom. The fraction of sp³-hybridized carbons (Fsp3) is 0.217. The summed E-state index contributed by atoms with van der Waals surface area (Å²) in [7, 11) is 0. The van der Waals surface area contributed by atoms with Crippen molar-refractivity contribution in [3.8, 4) is 5.75 Å². The van der Waals surface area contributed by atoms with Crippen LogP contribution < -0.4 is 20.7 Å². The Morgan fingerprint density at radius 1 is 1.06 bits per heavy atom. The number of carbonyl (C=O) groups is 3.